The number of aromatic hydroxyl groups is 1. The van der Waals surface area contributed by atoms with Crippen LogP contribution in [0.4, 0.5) is 5.69 Å². The van der Waals surface area contributed by atoms with Gasteiger partial charge in [-0.1, -0.05) is 19.9 Å². The number of carbonyl (C=O) groups is 1. The Kier molecular flexibility index (Phi) is 5.23. The van der Waals surface area contributed by atoms with Crippen molar-refractivity contribution < 1.29 is 9.90 Å². The van der Waals surface area contributed by atoms with Gasteiger partial charge in [0.05, 0.1) is 19.2 Å². The number of phenols is 1. The quantitative estimate of drug-likeness (QED) is 0.273. The van der Waals surface area contributed by atoms with E-state index >= 15 is 0 Å². The first-order valence-corrected chi connectivity index (χ1v) is 14.4. The molecule has 0 saturated heterocycles. The zero-order chi connectivity index (χ0) is 19.3. The number of allylic oxidation sites excluding steroid dienone is 4. The van der Waals surface area contributed by atoms with Gasteiger partial charge in [0.1, 0.15) is 13.8 Å². The third-order valence-corrected chi connectivity index (χ3v) is 13.0. The molecule has 2 heterocycles. The second-order valence-electron chi connectivity index (χ2n) is 6.95. The van der Waals surface area contributed by atoms with Crippen molar-refractivity contribution in [1.29, 1.82) is 0 Å². The predicted molar refractivity (Wildman–Crippen MR) is 133 cm³/mol. The molecule has 1 atom stereocenters. The molecule has 27 heavy (non-hydrogen) atoms. The summed E-state index contributed by atoms with van der Waals surface area (Å²) in [5.41, 5.74) is 2.77. The van der Waals surface area contributed by atoms with Crippen LogP contribution in [0, 0.1) is 6.45 Å². The smallest absolute Gasteiger partial charge is 0.178 e. The van der Waals surface area contributed by atoms with Gasteiger partial charge in [-0.15, -0.1) is 11.3 Å². The number of rotatable bonds is 3. The van der Waals surface area contributed by atoms with Crippen LogP contribution in [0.2, 0.25) is 12.6 Å². The number of hydrogen-bond donors (Lipinski definition) is 1. The van der Waals surface area contributed by atoms with Crippen molar-refractivity contribution in [3.63, 3.8) is 0 Å². The van der Waals surface area contributed by atoms with E-state index in [2.05, 4.69) is 64.7 Å². The lowest BCUT2D eigenvalue weighted by Gasteiger charge is -2.37. The van der Waals surface area contributed by atoms with Crippen molar-refractivity contribution in [2.45, 2.75) is 25.9 Å². The largest absolute Gasteiger partial charge is 0.507 e. The van der Waals surface area contributed by atoms with Crippen LogP contribution >= 0.6 is 56.5 Å². The van der Waals surface area contributed by atoms with Crippen LogP contribution in [0.1, 0.15) is 13.3 Å². The fraction of sp³-hybridized carbons (Fsp3) is 0.200. The van der Waals surface area contributed by atoms with E-state index in [1.54, 1.807) is 29.6 Å². The van der Waals surface area contributed by atoms with E-state index in [0.29, 0.717) is 5.75 Å². The van der Waals surface area contributed by atoms with E-state index in [-0.39, 0.29) is 5.78 Å². The van der Waals surface area contributed by atoms with E-state index < -0.39 is 8.07 Å². The fourth-order valence-corrected chi connectivity index (χ4v) is 12.1. The van der Waals surface area contributed by atoms with Gasteiger partial charge in [-0.05, 0) is 98.0 Å². The Hall–Kier alpha value is -0.783. The summed E-state index contributed by atoms with van der Waals surface area (Å²) >= 11 is 6.37. The molecule has 2 aromatic rings. The van der Waals surface area contributed by atoms with E-state index in [1.165, 1.54) is 8.07 Å². The number of aliphatic imine (C=N–C) groups is 1. The molecule has 0 amide bonds. The lowest BCUT2D eigenvalue weighted by atomic mass is 10.1. The average Bonchev–Trinajstić information content (AvgIpc) is 2.95. The molecular weight excluding hydrogens is 600 g/mol. The molecular formula is C20H17I2NO2SSi. The lowest BCUT2D eigenvalue weighted by Crippen LogP contribution is -2.52. The van der Waals surface area contributed by atoms with Gasteiger partial charge in [-0.3, -0.25) is 4.79 Å². The minimum absolute atomic E-state index is 0.0317. The van der Waals surface area contributed by atoms with E-state index in [0.717, 1.165) is 43.1 Å². The molecule has 1 N–H and O–H groups in total. The molecule has 1 unspecified atom stereocenters. The summed E-state index contributed by atoms with van der Waals surface area (Å²) in [7, 11) is -2.23. The van der Waals surface area contributed by atoms with Gasteiger partial charge in [0.15, 0.2) is 5.78 Å². The zero-order valence-corrected chi connectivity index (χ0v) is 21.0. The van der Waals surface area contributed by atoms with Crippen molar-refractivity contribution >= 4 is 87.0 Å². The Balaban J connectivity index is 2.09. The highest BCUT2D eigenvalue weighted by atomic mass is 127. The van der Waals surface area contributed by atoms with Crippen molar-refractivity contribution in [3.05, 3.63) is 48.1 Å². The summed E-state index contributed by atoms with van der Waals surface area (Å²) in [6.07, 6.45) is 6.26. The number of thiophene rings is 1. The minimum Gasteiger partial charge on any atom is -0.507 e. The molecule has 3 nitrogen and oxygen atoms in total. The van der Waals surface area contributed by atoms with Crippen LogP contribution < -0.4 is 5.19 Å². The third-order valence-electron chi connectivity index (χ3n) is 5.15. The number of benzene rings is 1. The van der Waals surface area contributed by atoms with Crippen molar-refractivity contribution in [1.82, 2.24) is 0 Å². The first kappa shape index (κ1) is 19.5. The van der Waals surface area contributed by atoms with Gasteiger partial charge in [0.2, 0.25) is 0 Å². The molecule has 1 aromatic carbocycles. The van der Waals surface area contributed by atoms with Crippen molar-refractivity contribution in [2.75, 3.05) is 0 Å². The Morgan fingerprint density at radius 1 is 1.26 bits per heavy atom. The zero-order valence-electron chi connectivity index (χ0n) is 14.8. The Bertz CT molecular complexity index is 1070. The summed E-state index contributed by atoms with van der Waals surface area (Å²) in [5.74, 6) is 0.334. The van der Waals surface area contributed by atoms with Crippen LogP contribution in [0.25, 0.3) is 10.4 Å². The van der Waals surface area contributed by atoms with Gasteiger partial charge in [-0.2, -0.15) is 0 Å². The second kappa shape index (κ2) is 7.23. The summed E-state index contributed by atoms with van der Waals surface area (Å²) in [6.45, 7) is 4.50. The molecule has 4 rings (SSSR count). The first-order chi connectivity index (χ1) is 12.8. The lowest BCUT2D eigenvalue weighted by molar-refractivity contribution is -0.110. The standard InChI is InChI=1S/C20H17I2NO2SSi/c1-3-8-27(2)16-9-11(24)4-5-13(16)23-14-6-7-15(25)18(20(14)27)19-12(21)10-17(22)26-19/h4-7,9-10,25H,3,8H2,1-2H3. The van der Waals surface area contributed by atoms with E-state index in [1.807, 2.05) is 12.1 Å². The van der Waals surface area contributed by atoms with E-state index in [9.17, 15) is 9.90 Å². The summed E-state index contributed by atoms with van der Waals surface area (Å²) < 4.78 is 2.33. The number of carbonyl (C=O) groups excluding carboxylic acids is 1. The van der Waals surface area contributed by atoms with Crippen LogP contribution in [0.3, 0.4) is 0 Å². The first-order valence-electron chi connectivity index (χ1n) is 8.70. The molecule has 0 radical (unpaired) electrons. The third kappa shape index (κ3) is 3.20. The van der Waals surface area contributed by atoms with Gasteiger partial charge in [0, 0.05) is 9.13 Å². The average molecular weight is 617 g/mol. The highest BCUT2D eigenvalue weighted by Gasteiger charge is 2.43. The molecule has 0 fully saturated rings. The fourth-order valence-electron chi connectivity index (χ4n) is 4.05. The number of ketones is 1. The molecule has 7 heteroatoms. The molecule has 138 valence electrons. The van der Waals surface area contributed by atoms with Gasteiger partial charge < -0.3 is 5.11 Å². The molecule has 1 aliphatic carbocycles. The Morgan fingerprint density at radius 2 is 2.04 bits per heavy atom. The highest BCUT2D eigenvalue weighted by Crippen LogP contribution is 2.44. The molecule has 0 spiro atoms. The highest BCUT2D eigenvalue weighted by molar-refractivity contribution is 14.1. The number of nitrogens with zero attached hydrogens (tertiary/aromatic N) is 1. The van der Waals surface area contributed by atoms with Crippen LogP contribution in [-0.2, 0) is 4.79 Å². The Morgan fingerprint density at radius 3 is 2.70 bits per heavy atom. The van der Waals surface area contributed by atoms with Gasteiger partial charge >= 0.3 is 0 Å². The predicted octanol–water partition coefficient (Wildman–Crippen LogP) is 5.72. The molecule has 0 saturated carbocycles. The minimum atomic E-state index is -2.23. The van der Waals surface area contributed by atoms with Crippen molar-refractivity contribution in [2.24, 2.45) is 4.99 Å². The summed E-state index contributed by atoms with van der Waals surface area (Å²) in [5, 5.41) is 13.1. The van der Waals surface area contributed by atoms with Crippen LogP contribution in [-0.4, -0.2) is 24.7 Å². The molecule has 0 bridgehead atoms. The maximum absolute atomic E-state index is 12.2. The van der Waals surface area contributed by atoms with Crippen LogP contribution in [0.5, 0.6) is 5.75 Å². The SMILES string of the molecule is CCC[Si]1(C)C2=CC(=O)C=CC2=Nc2ccc(O)c(-c3sc(I)cc3I)c21. The van der Waals surface area contributed by atoms with Gasteiger partial charge in [-0.25, -0.2) is 4.99 Å². The maximum Gasteiger partial charge on any atom is 0.178 e. The van der Waals surface area contributed by atoms with Crippen LogP contribution in [0.15, 0.2) is 46.6 Å². The second-order valence-corrected chi connectivity index (χ2v) is 15.3. The Labute approximate surface area is 190 Å². The number of phenolic OH excluding ortho intramolecular Hbond substituents is 1. The van der Waals surface area contributed by atoms with E-state index in [4.69, 9.17) is 4.99 Å². The molecule has 2 aliphatic rings. The summed E-state index contributed by atoms with van der Waals surface area (Å²) in [6, 6.07) is 6.84. The molecule has 1 aliphatic heterocycles. The maximum atomic E-state index is 12.2. The summed E-state index contributed by atoms with van der Waals surface area (Å²) in [4.78, 5) is 18.1. The number of hydrogen-bond acceptors (Lipinski definition) is 4. The topological polar surface area (TPSA) is 49.7 Å². The van der Waals surface area contributed by atoms with Gasteiger partial charge in [0.25, 0.3) is 0 Å². The molecule has 1 aromatic heterocycles. The van der Waals surface area contributed by atoms with Crippen molar-refractivity contribution in [3.8, 4) is 16.2 Å². The number of fused-ring (bicyclic) bond motifs is 2. The monoisotopic (exact) mass is 617 g/mol. The number of halogens is 2. The normalized spacial score (nSPS) is 20.8.